The number of hydrogen-bond donors (Lipinski definition) is 2. The predicted molar refractivity (Wildman–Crippen MR) is 111 cm³/mol. The second-order valence-corrected chi connectivity index (χ2v) is 7.02. The molecule has 0 spiro atoms. The summed E-state index contributed by atoms with van der Waals surface area (Å²) in [5, 5.41) is 9.89. The number of aromatic nitrogens is 4. The van der Waals surface area contributed by atoms with Crippen LogP contribution in [0.25, 0.3) is 5.78 Å². The summed E-state index contributed by atoms with van der Waals surface area (Å²) in [6, 6.07) is 12.8. The highest BCUT2D eigenvalue weighted by Gasteiger charge is 2.15. The molecule has 0 atom stereocenters. The standard InChI is InChI=1S/C21H17FN6O4/c22-14-2-4-15(5-3-14)24-18-7-8-27-20(25-18)26-28(21(27)30)11-19(29)23-10-13-1-6-16-17(9-13)32-12-31-16/h1-9H,10-12H2,(H,23,29)(H,24,25,26). The fourth-order valence-electron chi connectivity index (χ4n) is 3.20. The number of carbonyl (C=O) groups excluding carboxylic acids is 1. The summed E-state index contributed by atoms with van der Waals surface area (Å²) in [4.78, 5) is 29.1. The van der Waals surface area contributed by atoms with Gasteiger partial charge in [0.1, 0.15) is 18.2 Å². The third kappa shape index (κ3) is 3.95. The van der Waals surface area contributed by atoms with Gasteiger partial charge in [-0.15, -0.1) is 5.10 Å². The van der Waals surface area contributed by atoms with E-state index in [-0.39, 0.29) is 37.4 Å². The van der Waals surface area contributed by atoms with E-state index in [1.165, 1.54) is 22.7 Å². The highest BCUT2D eigenvalue weighted by Crippen LogP contribution is 2.32. The summed E-state index contributed by atoms with van der Waals surface area (Å²) in [6.07, 6.45) is 1.50. The van der Waals surface area contributed by atoms with Gasteiger partial charge in [-0.1, -0.05) is 6.07 Å². The average molecular weight is 436 g/mol. The molecule has 5 rings (SSSR count). The smallest absolute Gasteiger partial charge is 0.352 e. The van der Waals surface area contributed by atoms with Crippen molar-refractivity contribution >= 4 is 23.2 Å². The molecule has 10 nitrogen and oxygen atoms in total. The van der Waals surface area contributed by atoms with Crippen molar-refractivity contribution in [3.8, 4) is 11.5 Å². The third-order valence-electron chi connectivity index (χ3n) is 4.79. The molecule has 2 aromatic heterocycles. The van der Waals surface area contributed by atoms with Crippen LogP contribution in [0.4, 0.5) is 15.9 Å². The molecule has 11 heteroatoms. The van der Waals surface area contributed by atoms with E-state index in [0.717, 1.165) is 10.2 Å². The number of carbonyl (C=O) groups is 1. The number of anilines is 2. The first-order valence-electron chi connectivity index (χ1n) is 9.69. The van der Waals surface area contributed by atoms with Gasteiger partial charge in [0.2, 0.25) is 12.7 Å². The number of halogens is 1. The lowest BCUT2D eigenvalue weighted by Gasteiger charge is -2.05. The number of hydrogen-bond acceptors (Lipinski definition) is 7. The van der Waals surface area contributed by atoms with Crippen LogP contribution >= 0.6 is 0 Å². The van der Waals surface area contributed by atoms with Gasteiger partial charge in [-0.3, -0.25) is 4.79 Å². The number of ether oxygens (including phenoxy) is 2. The van der Waals surface area contributed by atoms with Gasteiger partial charge in [0.05, 0.1) is 0 Å². The monoisotopic (exact) mass is 436 g/mol. The maximum atomic E-state index is 13.1. The number of benzene rings is 2. The van der Waals surface area contributed by atoms with Gasteiger partial charge >= 0.3 is 5.69 Å². The van der Waals surface area contributed by atoms with E-state index >= 15 is 0 Å². The van der Waals surface area contributed by atoms with E-state index in [0.29, 0.717) is 23.0 Å². The Kier molecular flexibility index (Phi) is 4.90. The Bertz CT molecular complexity index is 1370. The third-order valence-corrected chi connectivity index (χ3v) is 4.79. The molecule has 2 N–H and O–H groups in total. The fraction of sp³-hybridized carbons (Fsp3) is 0.143. The molecule has 0 saturated heterocycles. The minimum absolute atomic E-state index is 0.130. The van der Waals surface area contributed by atoms with Gasteiger partial charge in [-0.2, -0.15) is 4.98 Å². The summed E-state index contributed by atoms with van der Waals surface area (Å²) >= 11 is 0. The lowest BCUT2D eigenvalue weighted by molar-refractivity contribution is -0.122. The van der Waals surface area contributed by atoms with Gasteiger partial charge < -0.3 is 20.1 Å². The summed E-state index contributed by atoms with van der Waals surface area (Å²) < 4.78 is 25.9. The lowest BCUT2D eigenvalue weighted by Crippen LogP contribution is -2.32. The van der Waals surface area contributed by atoms with E-state index in [9.17, 15) is 14.0 Å². The summed E-state index contributed by atoms with van der Waals surface area (Å²) in [5.74, 6) is 1.12. The van der Waals surface area contributed by atoms with Gasteiger partial charge in [0.25, 0.3) is 5.78 Å². The minimum Gasteiger partial charge on any atom is -0.454 e. The molecule has 0 fully saturated rings. The molecular weight excluding hydrogens is 419 g/mol. The number of nitrogens with one attached hydrogen (secondary N) is 2. The zero-order valence-electron chi connectivity index (χ0n) is 16.6. The van der Waals surface area contributed by atoms with Gasteiger partial charge in [-0.25, -0.2) is 18.3 Å². The molecule has 0 bridgehead atoms. The molecule has 2 aromatic carbocycles. The maximum absolute atomic E-state index is 13.1. The van der Waals surface area contributed by atoms with Crippen LogP contribution in [-0.2, 0) is 17.9 Å². The zero-order chi connectivity index (χ0) is 22.1. The molecule has 162 valence electrons. The second kappa shape index (κ2) is 8.02. The molecule has 1 amide bonds. The quantitative estimate of drug-likeness (QED) is 0.474. The zero-order valence-corrected chi connectivity index (χ0v) is 16.6. The Balaban J connectivity index is 1.26. The van der Waals surface area contributed by atoms with Crippen LogP contribution in [0.15, 0.2) is 59.5 Å². The van der Waals surface area contributed by atoms with Crippen molar-refractivity contribution in [3.05, 3.63) is 76.6 Å². The number of nitrogens with zero attached hydrogens (tertiary/aromatic N) is 4. The molecule has 32 heavy (non-hydrogen) atoms. The molecule has 1 aliphatic heterocycles. The topological polar surface area (TPSA) is 112 Å². The first kappa shape index (κ1) is 19.5. The van der Waals surface area contributed by atoms with Crippen molar-refractivity contribution in [2.24, 2.45) is 0 Å². The van der Waals surface area contributed by atoms with Crippen LogP contribution in [0.5, 0.6) is 11.5 Å². The van der Waals surface area contributed by atoms with E-state index in [2.05, 4.69) is 20.7 Å². The number of fused-ring (bicyclic) bond motifs is 2. The Labute approximate surface area is 180 Å². The van der Waals surface area contributed by atoms with E-state index in [4.69, 9.17) is 9.47 Å². The molecule has 0 unspecified atom stereocenters. The van der Waals surface area contributed by atoms with Crippen molar-refractivity contribution in [2.75, 3.05) is 12.1 Å². The largest absolute Gasteiger partial charge is 0.454 e. The van der Waals surface area contributed by atoms with E-state index in [1.807, 2.05) is 6.07 Å². The highest BCUT2D eigenvalue weighted by molar-refractivity contribution is 5.75. The van der Waals surface area contributed by atoms with Crippen molar-refractivity contribution in [1.29, 1.82) is 0 Å². The Hall–Kier alpha value is -4.41. The average Bonchev–Trinajstić information content (AvgIpc) is 3.38. The van der Waals surface area contributed by atoms with Gasteiger partial charge in [-0.05, 0) is 48.0 Å². The summed E-state index contributed by atoms with van der Waals surface area (Å²) in [5.41, 5.74) is 0.982. The van der Waals surface area contributed by atoms with Crippen LogP contribution in [0.1, 0.15) is 5.56 Å². The summed E-state index contributed by atoms with van der Waals surface area (Å²) in [6.45, 7) is 0.187. The molecule has 3 heterocycles. The predicted octanol–water partition coefficient (Wildman–Crippen LogP) is 1.82. The number of rotatable bonds is 6. The van der Waals surface area contributed by atoms with Crippen LogP contribution in [0, 0.1) is 5.82 Å². The van der Waals surface area contributed by atoms with Crippen LogP contribution in [0.2, 0.25) is 0 Å². The SMILES string of the molecule is O=C(Cn1nc2nc(Nc3ccc(F)cc3)ccn2c1=O)NCc1ccc2c(c1)OCO2. The molecule has 4 aromatic rings. The fourth-order valence-corrected chi connectivity index (χ4v) is 3.20. The van der Waals surface area contributed by atoms with Crippen LogP contribution < -0.4 is 25.8 Å². The van der Waals surface area contributed by atoms with Crippen molar-refractivity contribution in [3.63, 3.8) is 0 Å². The van der Waals surface area contributed by atoms with Crippen LogP contribution in [0.3, 0.4) is 0 Å². The Morgan fingerprint density at radius 1 is 1.09 bits per heavy atom. The first-order valence-corrected chi connectivity index (χ1v) is 9.69. The second-order valence-electron chi connectivity index (χ2n) is 7.02. The van der Waals surface area contributed by atoms with Crippen molar-refractivity contribution < 1.29 is 18.7 Å². The van der Waals surface area contributed by atoms with E-state index in [1.54, 1.807) is 30.3 Å². The van der Waals surface area contributed by atoms with E-state index < -0.39 is 5.69 Å². The minimum atomic E-state index is -0.487. The Morgan fingerprint density at radius 2 is 1.91 bits per heavy atom. The van der Waals surface area contributed by atoms with Gasteiger partial charge in [0.15, 0.2) is 11.5 Å². The van der Waals surface area contributed by atoms with Gasteiger partial charge in [0, 0.05) is 18.4 Å². The summed E-state index contributed by atoms with van der Waals surface area (Å²) in [7, 11) is 0. The Morgan fingerprint density at radius 3 is 2.75 bits per heavy atom. The molecular formula is C21H17FN6O4. The first-order chi connectivity index (χ1) is 15.5. The van der Waals surface area contributed by atoms with Crippen molar-refractivity contribution in [1.82, 2.24) is 24.5 Å². The maximum Gasteiger partial charge on any atom is 0.352 e. The van der Waals surface area contributed by atoms with Crippen LogP contribution in [-0.4, -0.2) is 31.9 Å². The highest BCUT2D eigenvalue weighted by atomic mass is 19.1. The molecule has 0 saturated carbocycles. The number of amides is 1. The molecule has 1 aliphatic rings. The van der Waals surface area contributed by atoms with Crippen molar-refractivity contribution in [2.45, 2.75) is 13.1 Å². The normalized spacial score (nSPS) is 12.2. The lowest BCUT2D eigenvalue weighted by atomic mass is 10.2. The molecule has 0 radical (unpaired) electrons. The molecule has 0 aliphatic carbocycles.